The average molecular weight is 375 g/mol. The number of benzene rings is 2. The van der Waals surface area contributed by atoms with Gasteiger partial charge in [0.15, 0.2) is 0 Å². The smallest absolute Gasteiger partial charge is 0.406 e. The lowest BCUT2D eigenvalue weighted by Crippen LogP contribution is -2.33. The Labute approximate surface area is 143 Å². The van der Waals surface area contributed by atoms with E-state index in [2.05, 4.69) is 4.74 Å². The van der Waals surface area contributed by atoms with E-state index in [0.29, 0.717) is 0 Å². The zero-order valence-electron chi connectivity index (χ0n) is 13.0. The van der Waals surface area contributed by atoms with Crippen molar-refractivity contribution >= 4 is 10.0 Å². The van der Waals surface area contributed by atoms with E-state index >= 15 is 0 Å². The molecule has 0 aliphatic carbocycles. The maximum atomic E-state index is 12.7. The maximum absolute atomic E-state index is 12.7. The number of rotatable bonds is 7. The summed E-state index contributed by atoms with van der Waals surface area (Å²) >= 11 is 0. The molecule has 136 valence electrons. The van der Waals surface area contributed by atoms with Crippen molar-refractivity contribution in [1.29, 1.82) is 0 Å². The molecule has 9 heteroatoms. The molecule has 2 aromatic rings. The van der Waals surface area contributed by atoms with E-state index in [1.54, 1.807) is 30.3 Å². The molecular formula is C16H16F3NO4S. The molecule has 0 spiro atoms. The van der Waals surface area contributed by atoms with Crippen molar-refractivity contribution in [3.05, 3.63) is 60.2 Å². The van der Waals surface area contributed by atoms with Crippen LogP contribution in [0.4, 0.5) is 13.2 Å². The minimum Gasteiger partial charge on any atom is -0.406 e. The van der Waals surface area contributed by atoms with Crippen LogP contribution in [0.1, 0.15) is 5.56 Å². The van der Waals surface area contributed by atoms with Gasteiger partial charge in [-0.1, -0.05) is 30.3 Å². The van der Waals surface area contributed by atoms with Crippen LogP contribution in [0.25, 0.3) is 0 Å². The summed E-state index contributed by atoms with van der Waals surface area (Å²) < 4.78 is 66.6. The van der Waals surface area contributed by atoms with Crippen molar-refractivity contribution in [2.45, 2.75) is 17.8 Å². The molecule has 5 nitrogen and oxygen atoms in total. The van der Waals surface area contributed by atoms with Gasteiger partial charge in [-0.15, -0.1) is 13.2 Å². The van der Waals surface area contributed by atoms with Crippen LogP contribution in [0, 0.1) is 0 Å². The molecule has 25 heavy (non-hydrogen) atoms. The van der Waals surface area contributed by atoms with Gasteiger partial charge >= 0.3 is 6.36 Å². The van der Waals surface area contributed by atoms with Crippen LogP contribution in [0.5, 0.6) is 5.75 Å². The second-order valence-corrected chi connectivity index (χ2v) is 7.00. The Kier molecular flexibility index (Phi) is 6.04. The molecule has 0 aliphatic rings. The van der Waals surface area contributed by atoms with Gasteiger partial charge in [0, 0.05) is 13.1 Å². The molecule has 0 saturated heterocycles. The predicted octanol–water partition coefficient (Wildman–Crippen LogP) is 2.77. The SMILES string of the molecule is O=S(=O)(c1ccc(OC(F)(F)F)cc1)N(CCO)Cc1ccccc1. The first-order valence-corrected chi connectivity index (χ1v) is 8.67. The molecule has 0 radical (unpaired) electrons. The number of sulfonamides is 1. The van der Waals surface area contributed by atoms with E-state index in [1.807, 2.05) is 0 Å². The Morgan fingerprint density at radius 1 is 1.00 bits per heavy atom. The topological polar surface area (TPSA) is 66.8 Å². The third-order valence-electron chi connectivity index (χ3n) is 3.25. The predicted molar refractivity (Wildman–Crippen MR) is 84.2 cm³/mol. The number of halogens is 3. The molecule has 0 aliphatic heterocycles. The first kappa shape index (κ1) is 19.2. The lowest BCUT2D eigenvalue weighted by Gasteiger charge is -2.21. The standard InChI is InChI=1S/C16H16F3NO4S/c17-16(18,19)24-14-6-8-15(9-7-14)25(22,23)20(10-11-21)12-13-4-2-1-3-5-13/h1-9,21H,10-12H2. The summed E-state index contributed by atoms with van der Waals surface area (Å²) in [6.07, 6.45) is -4.85. The largest absolute Gasteiger partial charge is 0.573 e. The van der Waals surface area contributed by atoms with Crippen molar-refractivity contribution < 1.29 is 31.4 Å². The fourth-order valence-corrected chi connectivity index (χ4v) is 3.56. The van der Waals surface area contributed by atoms with Crippen LogP contribution < -0.4 is 4.74 Å². The second kappa shape index (κ2) is 7.85. The molecule has 0 atom stereocenters. The van der Waals surface area contributed by atoms with Crippen LogP contribution in [0.2, 0.25) is 0 Å². The fraction of sp³-hybridized carbons (Fsp3) is 0.250. The monoisotopic (exact) mass is 375 g/mol. The first-order valence-electron chi connectivity index (χ1n) is 7.23. The maximum Gasteiger partial charge on any atom is 0.573 e. The van der Waals surface area contributed by atoms with E-state index in [4.69, 9.17) is 5.11 Å². The number of alkyl halides is 3. The molecule has 0 saturated carbocycles. The molecule has 0 aromatic heterocycles. The molecular weight excluding hydrogens is 359 g/mol. The highest BCUT2D eigenvalue weighted by Crippen LogP contribution is 2.25. The summed E-state index contributed by atoms with van der Waals surface area (Å²) in [5.41, 5.74) is 0.719. The van der Waals surface area contributed by atoms with Gasteiger partial charge < -0.3 is 9.84 Å². The number of nitrogens with zero attached hydrogens (tertiary/aromatic N) is 1. The zero-order chi connectivity index (χ0) is 18.5. The Morgan fingerprint density at radius 3 is 2.12 bits per heavy atom. The van der Waals surface area contributed by atoms with Crippen molar-refractivity contribution in [2.24, 2.45) is 0 Å². The molecule has 2 aromatic carbocycles. The Balaban J connectivity index is 2.24. The summed E-state index contributed by atoms with van der Waals surface area (Å²) in [5, 5.41) is 9.15. The summed E-state index contributed by atoms with van der Waals surface area (Å²) in [6.45, 7) is -0.496. The minimum absolute atomic E-state index is 0.0323. The van der Waals surface area contributed by atoms with Gasteiger partial charge in [-0.3, -0.25) is 0 Å². The van der Waals surface area contributed by atoms with E-state index in [1.165, 1.54) is 0 Å². The lowest BCUT2D eigenvalue weighted by atomic mass is 10.2. The highest BCUT2D eigenvalue weighted by Gasteiger charge is 2.31. The number of ether oxygens (including phenoxy) is 1. The van der Waals surface area contributed by atoms with Crippen LogP contribution in [0.15, 0.2) is 59.5 Å². The van der Waals surface area contributed by atoms with E-state index in [9.17, 15) is 21.6 Å². The number of hydrogen-bond acceptors (Lipinski definition) is 4. The van der Waals surface area contributed by atoms with Gasteiger partial charge in [-0.2, -0.15) is 4.31 Å². The molecule has 0 bridgehead atoms. The second-order valence-electron chi connectivity index (χ2n) is 5.07. The van der Waals surface area contributed by atoms with Crippen LogP contribution in [-0.4, -0.2) is 37.3 Å². The number of aliphatic hydroxyl groups is 1. The first-order chi connectivity index (χ1) is 11.7. The Bertz CT molecular complexity index is 777. The van der Waals surface area contributed by atoms with Gasteiger partial charge in [0.1, 0.15) is 5.75 Å². The summed E-state index contributed by atoms with van der Waals surface area (Å²) in [7, 11) is -3.99. The molecule has 0 heterocycles. The number of aliphatic hydroxyl groups excluding tert-OH is 1. The van der Waals surface area contributed by atoms with E-state index in [-0.39, 0.29) is 24.6 Å². The zero-order valence-corrected chi connectivity index (χ0v) is 13.8. The van der Waals surface area contributed by atoms with Gasteiger partial charge in [0.05, 0.1) is 11.5 Å². The van der Waals surface area contributed by atoms with Gasteiger partial charge in [0.2, 0.25) is 10.0 Å². The highest BCUT2D eigenvalue weighted by atomic mass is 32.2. The number of hydrogen-bond donors (Lipinski definition) is 1. The highest BCUT2D eigenvalue weighted by molar-refractivity contribution is 7.89. The lowest BCUT2D eigenvalue weighted by molar-refractivity contribution is -0.274. The molecule has 2 rings (SSSR count). The molecule has 0 unspecified atom stereocenters. The Hall–Kier alpha value is -2.10. The molecule has 1 N–H and O–H groups in total. The van der Waals surface area contributed by atoms with Crippen molar-refractivity contribution in [2.75, 3.05) is 13.2 Å². The summed E-state index contributed by atoms with van der Waals surface area (Å²) in [6, 6.07) is 12.7. The normalized spacial score (nSPS) is 12.4. The summed E-state index contributed by atoms with van der Waals surface area (Å²) in [5.74, 6) is -0.511. The van der Waals surface area contributed by atoms with Crippen LogP contribution in [-0.2, 0) is 16.6 Å². The van der Waals surface area contributed by atoms with Crippen molar-refractivity contribution in [3.8, 4) is 5.75 Å². The quantitative estimate of drug-likeness (QED) is 0.808. The third kappa shape index (κ3) is 5.45. The van der Waals surface area contributed by atoms with Gasteiger partial charge in [-0.25, -0.2) is 8.42 Å². The molecule has 0 amide bonds. The van der Waals surface area contributed by atoms with E-state index < -0.39 is 22.1 Å². The van der Waals surface area contributed by atoms with E-state index in [0.717, 1.165) is 34.1 Å². The van der Waals surface area contributed by atoms with Crippen LogP contribution in [0.3, 0.4) is 0 Å². The van der Waals surface area contributed by atoms with Gasteiger partial charge in [-0.05, 0) is 29.8 Å². The van der Waals surface area contributed by atoms with Crippen molar-refractivity contribution in [1.82, 2.24) is 4.31 Å². The third-order valence-corrected chi connectivity index (χ3v) is 5.11. The minimum atomic E-state index is -4.85. The van der Waals surface area contributed by atoms with Gasteiger partial charge in [0.25, 0.3) is 0 Å². The summed E-state index contributed by atoms with van der Waals surface area (Å²) in [4.78, 5) is -0.189. The van der Waals surface area contributed by atoms with Crippen molar-refractivity contribution in [3.63, 3.8) is 0 Å². The molecule has 0 fully saturated rings. The average Bonchev–Trinajstić information content (AvgIpc) is 2.54. The fourth-order valence-electron chi connectivity index (χ4n) is 2.15. The van der Waals surface area contributed by atoms with Crippen LogP contribution >= 0.6 is 0 Å². The Morgan fingerprint density at radius 2 is 1.60 bits per heavy atom.